The maximum atomic E-state index is 12.6. The number of nitrogens with one attached hydrogen (secondary N) is 2. The molecule has 0 aromatic carbocycles. The maximum Gasteiger partial charge on any atom is 0.255 e. The molecule has 0 heterocycles. The van der Waals surface area contributed by atoms with Crippen LogP contribution in [0.5, 0.6) is 0 Å². The van der Waals surface area contributed by atoms with Crippen molar-refractivity contribution in [3.05, 3.63) is 45.8 Å². The van der Waals surface area contributed by atoms with Crippen molar-refractivity contribution < 1.29 is 19.2 Å². The zero-order valence-electron chi connectivity index (χ0n) is 21.1. The van der Waals surface area contributed by atoms with Crippen LogP contribution in [0.1, 0.15) is 41.5 Å². The van der Waals surface area contributed by atoms with Gasteiger partial charge in [0.1, 0.15) is 0 Å². The highest BCUT2D eigenvalue weighted by Crippen LogP contribution is 2.16. The Morgan fingerprint density at radius 2 is 0.875 bits per heavy atom. The SMILES string of the molecule is CC(=O)/C(C(=O)NCCNC(=O)/C(C(C)=O)=C(C)/C(C)=C/N(C)C)=C(C)\C(C)=C\N(C)C. The average Bonchev–Trinajstić information content (AvgIpc) is 2.63. The Labute approximate surface area is 192 Å². The summed E-state index contributed by atoms with van der Waals surface area (Å²) in [6.45, 7) is 10.0. The molecule has 0 atom stereocenters. The Morgan fingerprint density at radius 1 is 0.594 bits per heavy atom. The molecule has 0 aliphatic carbocycles. The van der Waals surface area contributed by atoms with Crippen LogP contribution in [0.4, 0.5) is 0 Å². The molecular formula is C24H38N4O4. The largest absolute Gasteiger partial charge is 0.383 e. The first-order chi connectivity index (χ1) is 14.7. The number of carbonyl (C=O) groups is 4. The van der Waals surface area contributed by atoms with Crippen molar-refractivity contribution in [3.8, 4) is 0 Å². The van der Waals surface area contributed by atoms with E-state index in [-0.39, 0.29) is 35.8 Å². The summed E-state index contributed by atoms with van der Waals surface area (Å²) >= 11 is 0. The standard InChI is InChI=1S/C24H38N4O4/c1-15(13-27(7)8)17(3)21(19(5)29)23(31)25-11-12-26-24(32)22(20(6)30)18(4)16(2)14-28(9)10/h13-14H,11-12H2,1-10H3,(H,25,31)(H,26,32)/b15-13+,16-14+,21-17+,22-18+. The van der Waals surface area contributed by atoms with E-state index in [0.29, 0.717) is 11.1 Å². The van der Waals surface area contributed by atoms with E-state index in [4.69, 9.17) is 0 Å². The first-order valence-electron chi connectivity index (χ1n) is 10.4. The van der Waals surface area contributed by atoms with Crippen molar-refractivity contribution in [2.75, 3.05) is 41.3 Å². The zero-order valence-corrected chi connectivity index (χ0v) is 21.1. The van der Waals surface area contributed by atoms with Gasteiger partial charge in [0.05, 0.1) is 11.1 Å². The van der Waals surface area contributed by atoms with E-state index in [0.717, 1.165) is 11.1 Å². The summed E-state index contributed by atoms with van der Waals surface area (Å²) in [5, 5.41) is 5.33. The molecular weight excluding hydrogens is 408 g/mol. The van der Waals surface area contributed by atoms with Crippen LogP contribution in [0.2, 0.25) is 0 Å². The molecule has 8 heteroatoms. The van der Waals surface area contributed by atoms with E-state index in [1.165, 1.54) is 13.8 Å². The molecule has 8 nitrogen and oxygen atoms in total. The molecule has 0 radical (unpaired) electrons. The fourth-order valence-electron chi connectivity index (χ4n) is 3.08. The Kier molecular flexibility index (Phi) is 12.0. The van der Waals surface area contributed by atoms with E-state index < -0.39 is 11.8 Å². The highest BCUT2D eigenvalue weighted by atomic mass is 16.2. The average molecular weight is 447 g/mol. The third-order valence-electron chi connectivity index (χ3n) is 4.69. The molecule has 0 rings (SSSR count). The predicted molar refractivity (Wildman–Crippen MR) is 128 cm³/mol. The van der Waals surface area contributed by atoms with Gasteiger partial charge in [-0.2, -0.15) is 0 Å². The van der Waals surface area contributed by atoms with Crippen molar-refractivity contribution in [2.24, 2.45) is 0 Å². The molecule has 0 bridgehead atoms. The number of Topliss-reactive ketones (excluding diaryl/α,β-unsaturated/α-hetero) is 2. The number of nitrogens with zero attached hydrogens (tertiary/aromatic N) is 2. The second-order valence-corrected chi connectivity index (χ2v) is 8.18. The van der Waals surface area contributed by atoms with Gasteiger partial charge in [0, 0.05) is 53.7 Å². The Hall–Kier alpha value is -3.16. The lowest BCUT2D eigenvalue weighted by Gasteiger charge is -2.15. The van der Waals surface area contributed by atoms with E-state index in [9.17, 15) is 19.2 Å². The number of ketones is 2. The Bertz CT molecular complexity index is 802. The van der Waals surface area contributed by atoms with Crippen LogP contribution in [0.3, 0.4) is 0 Å². The molecule has 0 saturated heterocycles. The lowest BCUT2D eigenvalue weighted by atomic mass is 9.99. The van der Waals surface area contributed by atoms with Crippen LogP contribution in [-0.4, -0.2) is 74.5 Å². The van der Waals surface area contributed by atoms with Gasteiger partial charge in [0.15, 0.2) is 11.6 Å². The Balaban J connectivity index is 5.32. The molecule has 0 aromatic rings. The van der Waals surface area contributed by atoms with E-state index >= 15 is 0 Å². The van der Waals surface area contributed by atoms with E-state index in [2.05, 4.69) is 10.6 Å². The number of amides is 2. The van der Waals surface area contributed by atoms with Gasteiger partial charge in [-0.05, 0) is 63.8 Å². The number of hydrogen-bond acceptors (Lipinski definition) is 6. The first kappa shape index (κ1) is 28.8. The summed E-state index contributed by atoms with van der Waals surface area (Å²) in [6, 6.07) is 0. The summed E-state index contributed by atoms with van der Waals surface area (Å²) in [5.41, 5.74) is 2.95. The third-order valence-corrected chi connectivity index (χ3v) is 4.69. The predicted octanol–water partition coefficient (Wildman–Crippen LogP) is 1.96. The Morgan fingerprint density at radius 3 is 1.09 bits per heavy atom. The van der Waals surface area contributed by atoms with Crippen LogP contribution < -0.4 is 10.6 Å². The van der Waals surface area contributed by atoms with Gasteiger partial charge in [0.25, 0.3) is 11.8 Å². The van der Waals surface area contributed by atoms with Crippen LogP contribution >= 0.6 is 0 Å². The monoisotopic (exact) mass is 446 g/mol. The van der Waals surface area contributed by atoms with Gasteiger partial charge in [0.2, 0.25) is 0 Å². The van der Waals surface area contributed by atoms with Gasteiger partial charge >= 0.3 is 0 Å². The number of hydrogen-bond donors (Lipinski definition) is 2. The highest BCUT2D eigenvalue weighted by molar-refractivity contribution is 6.20. The highest BCUT2D eigenvalue weighted by Gasteiger charge is 2.20. The molecule has 0 fully saturated rings. The summed E-state index contributed by atoms with van der Waals surface area (Å²) in [4.78, 5) is 53.0. The van der Waals surface area contributed by atoms with Crippen molar-refractivity contribution in [3.63, 3.8) is 0 Å². The molecule has 2 amide bonds. The summed E-state index contributed by atoms with van der Waals surface area (Å²) in [6.07, 6.45) is 3.66. The van der Waals surface area contributed by atoms with Gasteiger partial charge in [-0.1, -0.05) is 0 Å². The topological polar surface area (TPSA) is 98.8 Å². The molecule has 0 saturated carbocycles. The third kappa shape index (κ3) is 9.32. The minimum atomic E-state index is -0.501. The van der Waals surface area contributed by atoms with E-state index in [1.807, 2.05) is 64.2 Å². The molecule has 32 heavy (non-hydrogen) atoms. The number of allylic oxidation sites excluding steroid dienone is 4. The second-order valence-electron chi connectivity index (χ2n) is 8.18. The van der Waals surface area contributed by atoms with Crippen LogP contribution in [0.15, 0.2) is 45.8 Å². The number of carbonyl (C=O) groups excluding carboxylic acids is 4. The van der Waals surface area contributed by atoms with Gasteiger partial charge in [-0.15, -0.1) is 0 Å². The fourth-order valence-corrected chi connectivity index (χ4v) is 3.08. The summed E-state index contributed by atoms with van der Waals surface area (Å²) < 4.78 is 0. The van der Waals surface area contributed by atoms with Gasteiger partial charge in [-0.25, -0.2) is 0 Å². The molecule has 0 spiro atoms. The molecule has 0 aliphatic heterocycles. The second kappa shape index (κ2) is 13.3. The van der Waals surface area contributed by atoms with Crippen molar-refractivity contribution in [1.29, 1.82) is 0 Å². The van der Waals surface area contributed by atoms with E-state index in [1.54, 1.807) is 13.8 Å². The fraction of sp³-hybridized carbons (Fsp3) is 0.500. The maximum absolute atomic E-state index is 12.6. The smallest absolute Gasteiger partial charge is 0.255 e. The normalized spacial score (nSPS) is 13.6. The molecule has 2 N–H and O–H groups in total. The number of rotatable bonds is 11. The van der Waals surface area contributed by atoms with Crippen LogP contribution in [0.25, 0.3) is 0 Å². The minimum Gasteiger partial charge on any atom is -0.383 e. The molecule has 178 valence electrons. The lowest BCUT2D eigenvalue weighted by Crippen LogP contribution is -2.38. The minimum absolute atomic E-state index is 0.0801. The first-order valence-corrected chi connectivity index (χ1v) is 10.4. The molecule has 0 unspecified atom stereocenters. The summed E-state index contributed by atoms with van der Waals surface area (Å²) in [5.74, 6) is -1.68. The van der Waals surface area contributed by atoms with Gasteiger partial charge in [-0.3, -0.25) is 19.2 Å². The van der Waals surface area contributed by atoms with Crippen molar-refractivity contribution in [2.45, 2.75) is 41.5 Å². The van der Waals surface area contributed by atoms with Crippen LogP contribution in [-0.2, 0) is 19.2 Å². The lowest BCUT2D eigenvalue weighted by molar-refractivity contribution is -0.124. The van der Waals surface area contributed by atoms with Crippen molar-refractivity contribution in [1.82, 2.24) is 20.4 Å². The van der Waals surface area contributed by atoms with Gasteiger partial charge < -0.3 is 20.4 Å². The van der Waals surface area contributed by atoms with Crippen LogP contribution in [0, 0.1) is 0 Å². The summed E-state index contributed by atoms with van der Waals surface area (Å²) in [7, 11) is 7.43. The molecule has 0 aromatic heterocycles. The molecule has 0 aliphatic rings. The zero-order chi connectivity index (χ0) is 25.2. The van der Waals surface area contributed by atoms with Crippen molar-refractivity contribution >= 4 is 23.4 Å². The quantitative estimate of drug-likeness (QED) is 0.166.